The minimum Gasteiger partial charge on any atom is -0.338 e. The summed E-state index contributed by atoms with van der Waals surface area (Å²) in [7, 11) is 2.07. The van der Waals surface area contributed by atoms with Crippen molar-refractivity contribution in [3.8, 4) is 0 Å². The normalized spacial score (nSPS) is 13.8. The predicted molar refractivity (Wildman–Crippen MR) is 60.1 cm³/mol. The lowest BCUT2D eigenvalue weighted by molar-refractivity contribution is 0.599. The molecule has 0 aliphatic carbocycles. The molecule has 0 rings (SSSR count). The largest absolute Gasteiger partial charge is 0.338 e. The molecule has 13 heavy (non-hydrogen) atoms. The third-order valence-corrected chi connectivity index (χ3v) is 2.06. The molecule has 0 spiro atoms. The Balaban J connectivity index is 4.59. The Morgan fingerprint density at radius 1 is 1.46 bits per heavy atom. The lowest BCUT2D eigenvalue weighted by Crippen LogP contribution is -2.25. The minimum absolute atomic E-state index is 0.377. The van der Waals surface area contributed by atoms with E-state index in [0.29, 0.717) is 6.04 Å². The second kappa shape index (κ2) is 5.79. The lowest BCUT2D eigenvalue weighted by Gasteiger charge is -2.21. The van der Waals surface area contributed by atoms with Crippen molar-refractivity contribution >= 4 is 5.84 Å². The highest BCUT2D eigenvalue weighted by atomic mass is 15.2. The van der Waals surface area contributed by atoms with Gasteiger partial charge in [0.2, 0.25) is 0 Å². The van der Waals surface area contributed by atoms with Gasteiger partial charge in [0.1, 0.15) is 5.84 Å². The van der Waals surface area contributed by atoms with Crippen molar-refractivity contribution in [3.63, 3.8) is 0 Å². The highest BCUT2D eigenvalue weighted by Gasteiger charge is 2.05. The van der Waals surface area contributed by atoms with Crippen LogP contribution in [0.15, 0.2) is 16.8 Å². The smallest absolute Gasteiger partial charge is 0.103 e. The topological polar surface area (TPSA) is 15.6 Å². The molecular weight excluding hydrogens is 160 g/mol. The first-order valence-electron chi connectivity index (χ1n) is 4.96. The number of rotatable bonds is 3. The van der Waals surface area contributed by atoms with Gasteiger partial charge < -0.3 is 4.90 Å². The van der Waals surface area contributed by atoms with E-state index in [1.807, 2.05) is 0 Å². The maximum Gasteiger partial charge on any atom is 0.103 e. The van der Waals surface area contributed by atoms with Crippen LogP contribution in [0.4, 0.5) is 0 Å². The minimum atomic E-state index is 0.377. The van der Waals surface area contributed by atoms with Crippen molar-refractivity contribution in [2.45, 2.75) is 47.1 Å². The second-order valence-electron chi connectivity index (χ2n) is 3.48. The average molecular weight is 182 g/mol. The molecule has 0 bridgehead atoms. The summed E-state index contributed by atoms with van der Waals surface area (Å²) < 4.78 is 0. The number of aliphatic imine (C=N–C) groups is 1. The van der Waals surface area contributed by atoms with Crippen LogP contribution in [0.3, 0.4) is 0 Å². The van der Waals surface area contributed by atoms with Gasteiger partial charge in [-0.05, 0) is 27.7 Å². The van der Waals surface area contributed by atoms with E-state index in [-0.39, 0.29) is 0 Å². The van der Waals surface area contributed by atoms with Crippen molar-refractivity contribution in [2.75, 3.05) is 7.05 Å². The predicted octanol–water partition coefficient (Wildman–Crippen LogP) is 3.06. The zero-order chi connectivity index (χ0) is 10.4. The van der Waals surface area contributed by atoms with Crippen LogP contribution in [0.25, 0.3) is 0 Å². The Morgan fingerprint density at radius 2 is 2.00 bits per heavy atom. The van der Waals surface area contributed by atoms with Gasteiger partial charge in [-0.25, -0.2) is 0 Å². The zero-order valence-electron chi connectivity index (χ0n) is 9.76. The van der Waals surface area contributed by atoms with Crippen LogP contribution in [0.2, 0.25) is 0 Å². The van der Waals surface area contributed by atoms with Gasteiger partial charge in [-0.2, -0.15) is 0 Å². The van der Waals surface area contributed by atoms with Crippen LogP contribution in [0.1, 0.15) is 41.0 Å². The fourth-order valence-electron chi connectivity index (χ4n) is 1.11. The van der Waals surface area contributed by atoms with E-state index >= 15 is 0 Å². The van der Waals surface area contributed by atoms with Crippen molar-refractivity contribution in [1.29, 1.82) is 0 Å². The number of hydrogen-bond donors (Lipinski definition) is 0. The Hall–Kier alpha value is -0.790. The van der Waals surface area contributed by atoms with E-state index in [1.165, 1.54) is 5.70 Å². The molecule has 0 aliphatic heterocycles. The Labute approximate surface area is 82.4 Å². The molecule has 0 N–H and O–H groups in total. The van der Waals surface area contributed by atoms with Gasteiger partial charge in [0, 0.05) is 25.2 Å². The third-order valence-electron chi connectivity index (χ3n) is 2.06. The highest BCUT2D eigenvalue weighted by Crippen LogP contribution is 2.05. The summed E-state index contributed by atoms with van der Waals surface area (Å²) in [5.41, 5.74) is 1.25. The van der Waals surface area contributed by atoms with Crippen molar-refractivity contribution in [3.05, 3.63) is 11.8 Å². The summed E-state index contributed by atoms with van der Waals surface area (Å²) in [5, 5.41) is 0. The standard InChI is InChI=1S/C11H22N2/c1-7-10(5)13(6)11(8-2)12-9(3)4/h7,9H,8H2,1-6H3/b10-7+,12-11+. The summed E-state index contributed by atoms with van der Waals surface area (Å²) >= 11 is 0. The van der Waals surface area contributed by atoms with E-state index < -0.39 is 0 Å². The first-order valence-corrected chi connectivity index (χ1v) is 4.96. The summed E-state index contributed by atoms with van der Waals surface area (Å²) in [6, 6.07) is 0.377. The molecule has 0 amide bonds. The number of allylic oxidation sites excluding steroid dienone is 2. The lowest BCUT2D eigenvalue weighted by atomic mass is 10.3. The van der Waals surface area contributed by atoms with Gasteiger partial charge >= 0.3 is 0 Å². The molecule has 0 aromatic carbocycles. The SMILES string of the molecule is C/C=C(\C)N(C)/C(CC)=N/C(C)C. The first-order chi connectivity index (χ1) is 6.02. The van der Waals surface area contributed by atoms with Crippen LogP contribution < -0.4 is 0 Å². The van der Waals surface area contributed by atoms with Crippen molar-refractivity contribution < 1.29 is 0 Å². The van der Waals surface area contributed by atoms with E-state index in [9.17, 15) is 0 Å². The van der Waals surface area contributed by atoms with Gasteiger partial charge in [0.25, 0.3) is 0 Å². The van der Waals surface area contributed by atoms with Gasteiger partial charge in [0.15, 0.2) is 0 Å². The molecule has 0 radical (unpaired) electrons. The molecule has 2 nitrogen and oxygen atoms in total. The van der Waals surface area contributed by atoms with Gasteiger partial charge in [-0.3, -0.25) is 4.99 Å². The van der Waals surface area contributed by atoms with Crippen LogP contribution >= 0.6 is 0 Å². The Morgan fingerprint density at radius 3 is 2.31 bits per heavy atom. The van der Waals surface area contributed by atoms with E-state index in [0.717, 1.165) is 12.3 Å². The van der Waals surface area contributed by atoms with Crippen molar-refractivity contribution in [1.82, 2.24) is 4.90 Å². The summed E-state index contributed by atoms with van der Waals surface area (Å²) in [6.45, 7) is 10.5. The summed E-state index contributed by atoms with van der Waals surface area (Å²) in [4.78, 5) is 6.72. The molecule has 0 saturated carbocycles. The molecule has 0 saturated heterocycles. The third kappa shape index (κ3) is 4.11. The number of nitrogens with zero attached hydrogens (tertiary/aromatic N) is 2. The maximum absolute atomic E-state index is 4.57. The van der Waals surface area contributed by atoms with Crippen LogP contribution in [-0.4, -0.2) is 23.8 Å². The zero-order valence-corrected chi connectivity index (χ0v) is 9.76. The second-order valence-corrected chi connectivity index (χ2v) is 3.48. The molecule has 0 aromatic rings. The fraction of sp³-hybridized carbons (Fsp3) is 0.727. The van der Waals surface area contributed by atoms with Crippen LogP contribution in [-0.2, 0) is 0 Å². The summed E-state index contributed by atoms with van der Waals surface area (Å²) in [6.07, 6.45) is 3.09. The Kier molecular flexibility index (Phi) is 5.44. The van der Waals surface area contributed by atoms with E-state index in [1.54, 1.807) is 0 Å². The number of amidine groups is 1. The molecule has 0 aromatic heterocycles. The fourth-order valence-corrected chi connectivity index (χ4v) is 1.11. The molecule has 0 heterocycles. The molecule has 2 heteroatoms. The molecule has 76 valence electrons. The van der Waals surface area contributed by atoms with Crippen molar-refractivity contribution in [2.24, 2.45) is 4.99 Å². The average Bonchev–Trinajstić information content (AvgIpc) is 2.11. The van der Waals surface area contributed by atoms with Gasteiger partial charge in [-0.1, -0.05) is 13.0 Å². The first kappa shape index (κ1) is 12.2. The molecule has 0 aliphatic rings. The van der Waals surface area contributed by atoms with E-state index in [2.05, 4.69) is 57.6 Å². The molecular formula is C11H22N2. The van der Waals surface area contributed by atoms with Gasteiger partial charge in [0.05, 0.1) is 0 Å². The summed E-state index contributed by atoms with van der Waals surface area (Å²) in [5.74, 6) is 1.16. The molecule has 0 atom stereocenters. The van der Waals surface area contributed by atoms with E-state index in [4.69, 9.17) is 0 Å². The maximum atomic E-state index is 4.57. The quantitative estimate of drug-likeness (QED) is 0.484. The molecule has 0 fully saturated rings. The highest BCUT2D eigenvalue weighted by molar-refractivity contribution is 5.83. The van der Waals surface area contributed by atoms with Crippen LogP contribution in [0, 0.1) is 0 Å². The molecule has 0 unspecified atom stereocenters. The monoisotopic (exact) mass is 182 g/mol. The number of hydrogen-bond acceptors (Lipinski definition) is 1. The Bertz CT molecular complexity index is 202. The van der Waals surface area contributed by atoms with Crippen LogP contribution in [0.5, 0.6) is 0 Å². The van der Waals surface area contributed by atoms with Gasteiger partial charge in [-0.15, -0.1) is 0 Å².